The fourth-order valence-corrected chi connectivity index (χ4v) is 6.38. The largest absolute Gasteiger partial charge is 0.480 e. The Bertz CT molecular complexity index is 1010. The lowest BCUT2D eigenvalue weighted by atomic mass is 9.93. The van der Waals surface area contributed by atoms with Crippen LogP contribution in [0.1, 0.15) is 92.9 Å². The van der Waals surface area contributed by atoms with Gasteiger partial charge < -0.3 is 21.1 Å². The third kappa shape index (κ3) is 7.60. The predicted octanol–water partition coefficient (Wildman–Crippen LogP) is 2.66. The van der Waals surface area contributed by atoms with Crippen LogP contribution in [0.4, 0.5) is 0 Å². The van der Waals surface area contributed by atoms with Crippen LogP contribution in [0.3, 0.4) is 0 Å². The van der Waals surface area contributed by atoms with E-state index in [0.29, 0.717) is 43.8 Å². The molecule has 2 fully saturated rings. The first kappa shape index (κ1) is 28.6. The van der Waals surface area contributed by atoms with E-state index >= 15 is 0 Å². The standard InChI is InChI=1S/C27H43N5O5S/c1-17-19(3)38-26(29-17)24(35)21(12-7-8-14-28)30-25(36)22-13-9-15-31(22)27(37)18(2)32(16-23(33)34)20-10-5-4-6-11-20/h18,20-22H,4-16,28H2,1-3H3,(H,30,36)(H,33,34)/t18-,21-,22-/m0/s1/i16D/t16?,18-,21-,22-. The molecular weight excluding hydrogens is 506 g/mol. The minimum atomic E-state index is -1.56. The Kier molecular flexibility index (Phi) is 10.7. The highest BCUT2D eigenvalue weighted by Gasteiger charge is 2.40. The summed E-state index contributed by atoms with van der Waals surface area (Å²) in [6, 6.07) is -2.55. The number of amides is 2. The number of nitrogens with one attached hydrogen (secondary N) is 1. The van der Waals surface area contributed by atoms with E-state index in [-0.39, 0.29) is 17.7 Å². The number of carbonyl (C=O) groups is 4. The van der Waals surface area contributed by atoms with Crippen LogP contribution in [0.15, 0.2) is 0 Å². The van der Waals surface area contributed by atoms with Crippen molar-refractivity contribution in [3.8, 4) is 0 Å². The Morgan fingerprint density at radius 2 is 1.89 bits per heavy atom. The number of unbranched alkanes of at least 4 members (excludes halogenated alkanes) is 1. The summed E-state index contributed by atoms with van der Waals surface area (Å²) in [6.07, 6.45) is 7.29. The molecule has 1 saturated carbocycles. The molecule has 4 atom stereocenters. The van der Waals surface area contributed by atoms with Crippen LogP contribution in [0, 0.1) is 13.8 Å². The lowest BCUT2D eigenvalue weighted by molar-refractivity contribution is -0.147. The van der Waals surface area contributed by atoms with Gasteiger partial charge in [-0.05, 0) is 72.3 Å². The van der Waals surface area contributed by atoms with E-state index in [1.54, 1.807) is 6.92 Å². The highest BCUT2D eigenvalue weighted by atomic mass is 32.1. The Morgan fingerprint density at radius 3 is 2.50 bits per heavy atom. The Balaban J connectivity index is 1.76. The summed E-state index contributed by atoms with van der Waals surface area (Å²) in [7, 11) is 0. The number of aliphatic carboxylic acids is 1. The zero-order valence-electron chi connectivity index (χ0n) is 23.8. The van der Waals surface area contributed by atoms with Gasteiger partial charge in [0.1, 0.15) is 6.04 Å². The van der Waals surface area contributed by atoms with Gasteiger partial charge in [-0.15, -0.1) is 11.3 Å². The van der Waals surface area contributed by atoms with Crippen LogP contribution >= 0.6 is 11.3 Å². The molecule has 0 bridgehead atoms. The van der Waals surface area contributed by atoms with E-state index in [1.165, 1.54) is 21.1 Å². The quantitative estimate of drug-likeness (QED) is 0.251. The summed E-state index contributed by atoms with van der Waals surface area (Å²) >= 11 is 1.31. The van der Waals surface area contributed by atoms with Crippen molar-refractivity contribution in [3.05, 3.63) is 15.6 Å². The minimum Gasteiger partial charge on any atom is -0.480 e. The number of carbonyl (C=O) groups excluding carboxylic acids is 3. The van der Waals surface area contributed by atoms with E-state index in [2.05, 4.69) is 10.3 Å². The van der Waals surface area contributed by atoms with Gasteiger partial charge in [-0.3, -0.25) is 24.1 Å². The van der Waals surface area contributed by atoms with Gasteiger partial charge in [-0.1, -0.05) is 19.3 Å². The molecule has 2 heterocycles. The first-order chi connectivity index (χ1) is 18.6. The maximum Gasteiger partial charge on any atom is 0.317 e. The third-order valence-electron chi connectivity index (χ3n) is 7.72. The highest BCUT2D eigenvalue weighted by Crippen LogP contribution is 2.27. The molecule has 0 radical (unpaired) electrons. The Labute approximate surface area is 230 Å². The van der Waals surface area contributed by atoms with Crippen LogP contribution in [0.25, 0.3) is 0 Å². The number of Topliss-reactive ketones (excluding diaryl/α,β-unsaturated/α-hetero) is 1. The molecule has 1 unspecified atom stereocenters. The molecule has 0 spiro atoms. The molecule has 0 aromatic carbocycles. The number of hydrogen-bond acceptors (Lipinski definition) is 8. The maximum atomic E-state index is 13.7. The van der Waals surface area contributed by atoms with Crippen molar-refractivity contribution in [2.24, 2.45) is 5.73 Å². The Morgan fingerprint density at radius 1 is 1.18 bits per heavy atom. The minimum absolute atomic E-state index is 0.166. The molecule has 212 valence electrons. The van der Waals surface area contributed by atoms with Crippen molar-refractivity contribution in [1.29, 1.82) is 0 Å². The number of aryl methyl sites for hydroxylation is 2. The van der Waals surface area contributed by atoms with Gasteiger partial charge in [-0.25, -0.2) is 4.98 Å². The van der Waals surface area contributed by atoms with Crippen molar-refractivity contribution in [3.63, 3.8) is 0 Å². The average Bonchev–Trinajstić information content (AvgIpc) is 3.54. The second kappa shape index (κ2) is 14.1. The van der Waals surface area contributed by atoms with Crippen molar-refractivity contribution < 1.29 is 25.7 Å². The highest BCUT2D eigenvalue weighted by molar-refractivity contribution is 7.13. The molecule has 4 N–H and O–H groups in total. The average molecular weight is 551 g/mol. The number of thiazole rings is 1. The fraction of sp³-hybridized carbons (Fsp3) is 0.741. The molecule has 38 heavy (non-hydrogen) atoms. The van der Waals surface area contributed by atoms with Crippen LogP contribution in [0.2, 0.25) is 0 Å². The number of nitrogens with zero attached hydrogens (tertiary/aromatic N) is 3. The number of carboxylic acid groups (broad SMARTS) is 1. The molecule has 11 heteroatoms. The maximum absolute atomic E-state index is 13.7. The van der Waals surface area contributed by atoms with Crippen LogP contribution in [-0.2, 0) is 14.4 Å². The SMILES string of the molecule is [2H]C(C(=O)O)N(C1CCCCC1)[C@@H](C)C(=O)N1CCC[C@H]1C(=O)N[C@@H](CCCCN)C(=O)c1nc(C)c(C)s1. The van der Waals surface area contributed by atoms with E-state index in [1.807, 2.05) is 13.8 Å². The molecule has 3 rings (SSSR count). The number of hydrogen-bond donors (Lipinski definition) is 3. The zero-order chi connectivity index (χ0) is 28.7. The first-order valence-electron chi connectivity index (χ1n) is 14.4. The second-order valence-corrected chi connectivity index (χ2v) is 11.6. The molecular formula is C27H43N5O5S. The number of nitrogens with two attached hydrogens (primary N) is 1. The van der Waals surface area contributed by atoms with Crippen molar-refractivity contribution in [1.82, 2.24) is 20.1 Å². The van der Waals surface area contributed by atoms with Crippen molar-refractivity contribution >= 4 is 34.9 Å². The molecule has 10 nitrogen and oxygen atoms in total. The fourth-order valence-electron chi connectivity index (χ4n) is 5.47. The number of rotatable bonds is 13. The van der Waals surface area contributed by atoms with Gasteiger partial charge >= 0.3 is 5.97 Å². The van der Waals surface area contributed by atoms with Gasteiger partial charge in [0.15, 0.2) is 5.01 Å². The molecule has 1 aliphatic carbocycles. The van der Waals surface area contributed by atoms with E-state index < -0.39 is 36.5 Å². The van der Waals surface area contributed by atoms with E-state index in [9.17, 15) is 24.3 Å². The zero-order valence-corrected chi connectivity index (χ0v) is 23.6. The molecule has 2 aliphatic rings. The van der Waals surface area contributed by atoms with Gasteiger partial charge in [0.25, 0.3) is 0 Å². The summed E-state index contributed by atoms with van der Waals surface area (Å²) < 4.78 is 8.29. The number of likely N-dealkylation sites (tertiary alicyclic amines) is 1. The number of carboxylic acids is 1. The van der Waals surface area contributed by atoms with Gasteiger partial charge in [0, 0.05) is 17.5 Å². The third-order valence-corrected chi connectivity index (χ3v) is 8.81. The van der Waals surface area contributed by atoms with Crippen LogP contribution in [-0.4, -0.2) is 87.2 Å². The van der Waals surface area contributed by atoms with E-state index in [4.69, 9.17) is 7.10 Å². The molecule has 1 aromatic heterocycles. The predicted molar refractivity (Wildman–Crippen MR) is 146 cm³/mol. The Hall–Kier alpha value is -2.37. The first-order valence-corrected chi connectivity index (χ1v) is 14.6. The van der Waals surface area contributed by atoms with Gasteiger partial charge in [-0.2, -0.15) is 0 Å². The second-order valence-electron chi connectivity index (χ2n) is 10.4. The summed E-state index contributed by atoms with van der Waals surface area (Å²) in [5.41, 5.74) is 6.43. The van der Waals surface area contributed by atoms with Gasteiger partial charge in [0.05, 0.1) is 25.7 Å². The van der Waals surface area contributed by atoms with Crippen LogP contribution < -0.4 is 11.1 Å². The lowest BCUT2D eigenvalue weighted by Crippen LogP contribution is -2.57. The van der Waals surface area contributed by atoms with Crippen molar-refractivity contribution in [2.45, 2.75) is 109 Å². The molecule has 1 aliphatic heterocycles. The topological polar surface area (TPSA) is 146 Å². The normalized spacial score (nSPS) is 21.1. The van der Waals surface area contributed by atoms with Crippen LogP contribution in [0.5, 0.6) is 0 Å². The number of ketones is 1. The smallest absolute Gasteiger partial charge is 0.317 e. The molecule has 2 amide bonds. The summed E-state index contributed by atoms with van der Waals surface area (Å²) in [4.78, 5) is 60.6. The summed E-state index contributed by atoms with van der Waals surface area (Å²) in [5, 5.41) is 12.9. The molecule has 1 aromatic rings. The monoisotopic (exact) mass is 550 g/mol. The lowest BCUT2D eigenvalue weighted by Gasteiger charge is -2.39. The number of aromatic nitrogens is 1. The van der Waals surface area contributed by atoms with Crippen molar-refractivity contribution in [2.75, 3.05) is 19.6 Å². The molecule has 1 saturated heterocycles. The van der Waals surface area contributed by atoms with Gasteiger partial charge in [0.2, 0.25) is 17.6 Å². The summed E-state index contributed by atoms with van der Waals surface area (Å²) in [5.74, 6) is -2.28. The van der Waals surface area contributed by atoms with E-state index in [0.717, 1.165) is 49.1 Å². The summed E-state index contributed by atoms with van der Waals surface area (Å²) in [6.45, 7) is 4.68.